The summed E-state index contributed by atoms with van der Waals surface area (Å²) < 4.78 is 0. The molecule has 0 amide bonds. The summed E-state index contributed by atoms with van der Waals surface area (Å²) in [4.78, 5) is 11.0. The van der Waals surface area contributed by atoms with E-state index in [-0.39, 0.29) is 0 Å². The second-order valence-corrected chi connectivity index (χ2v) is 5.61. The lowest BCUT2D eigenvalue weighted by molar-refractivity contribution is -0.147. The highest BCUT2D eigenvalue weighted by atomic mass is 16.4. The van der Waals surface area contributed by atoms with E-state index in [4.69, 9.17) is 5.11 Å². The molecule has 0 unspecified atom stereocenters. The highest BCUT2D eigenvalue weighted by molar-refractivity contribution is 5.73. The number of carboxylic acid groups (broad SMARTS) is 1. The van der Waals surface area contributed by atoms with Crippen LogP contribution in [0.25, 0.3) is 0 Å². The molecule has 18 heavy (non-hydrogen) atoms. The Balaban J connectivity index is 2.51. The number of benzene rings is 1. The van der Waals surface area contributed by atoms with Crippen molar-refractivity contribution in [3.05, 3.63) is 35.4 Å². The number of hydrogen-bond donors (Lipinski definition) is 1. The van der Waals surface area contributed by atoms with Gasteiger partial charge in [-0.25, -0.2) is 0 Å². The maximum atomic E-state index is 11.0. The molecule has 1 aromatic rings. The Bertz CT molecular complexity index is 377. The molecule has 0 aliphatic rings. The van der Waals surface area contributed by atoms with Crippen LogP contribution in [0.5, 0.6) is 0 Å². The smallest absolute Gasteiger partial charge is 0.309 e. The predicted molar refractivity (Wildman–Crippen MR) is 74.8 cm³/mol. The lowest BCUT2D eigenvalue weighted by Crippen LogP contribution is -2.24. The Morgan fingerprint density at radius 2 is 1.61 bits per heavy atom. The second-order valence-electron chi connectivity index (χ2n) is 5.61. The lowest BCUT2D eigenvalue weighted by atomic mass is 9.86. The molecule has 0 fully saturated rings. The number of aryl methyl sites for hydroxylation is 2. The highest BCUT2D eigenvalue weighted by Crippen LogP contribution is 2.23. The van der Waals surface area contributed by atoms with E-state index in [9.17, 15) is 4.79 Å². The average Bonchev–Trinajstić information content (AvgIpc) is 2.35. The molecule has 0 heterocycles. The van der Waals surface area contributed by atoms with Gasteiger partial charge in [-0.3, -0.25) is 4.79 Å². The average molecular weight is 248 g/mol. The third-order valence-electron chi connectivity index (χ3n) is 3.46. The molecule has 0 bridgehead atoms. The van der Waals surface area contributed by atoms with Crippen molar-refractivity contribution in [2.75, 3.05) is 0 Å². The summed E-state index contributed by atoms with van der Waals surface area (Å²) in [5.74, 6) is -0.720. The Kier molecular flexibility index (Phi) is 5.39. The van der Waals surface area contributed by atoms with E-state index >= 15 is 0 Å². The zero-order chi connectivity index (χ0) is 13.6. The van der Waals surface area contributed by atoms with Gasteiger partial charge in [0.2, 0.25) is 0 Å². The molecular weight excluding hydrogens is 224 g/mol. The summed E-state index contributed by atoms with van der Waals surface area (Å²) in [5, 5.41) is 9.06. The summed E-state index contributed by atoms with van der Waals surface area (Å²) in [7, 11) is 0. The molecule has 0 saturated heterocycles. The van der Waals surface area contributed by atoms with Crippen molar-refractivity contribution in [2.45, 2.75) is 52.9 Å². The summed E-state index contributed by atoms with van der Waals surface area (Å²) in [6.45, 7) is 5.76. The molecule has 0 aromatic heterocycles. The van der Waals surface area contributed by atoms with Crippen LogP contribution < -0.4 is 0 Å². The van der Waals surface area contributed by atoms with Crippen LogP contribution >= 0.6 is 0 Å². The van der Waals surface area contributed by atoms with Gasteiger partial charge in [-0.1, -0.05) is 37.6 Å². The van der Waals surface area contributed by atoms with Crippen molar-refractivity contribution in [3.63, 3.8) is 0 Å². The fraction of sp³-hybridized carbons (Fsp3) is 0.562. The third kappa shape index (κ3) is 4.52. The van der Waals surface area contributed by atoms with E-state index in [0.29, 0.717) is 6.42 Å². The summed E-state index contributed by atoms with van der Waals surface area (Å²) in [6, 6.07) is 8.59. The molecule has 100 valence electrons. The Labute approximate surface area is 110 Å². The Morgan fingerprint density at radius 1 is 1.11 bits per heavy atom. The van der Waals surface area contributed by atoms with Crippen LogP contribution in [0, 0.1) is 5.41 Å². The van der Waals surface area contributed by atoms with Gasteiger partial charge >= 0.3 is 5.97 Å². The van der Waals surface area contributed by atoms with Crippen molar-refractivity contribution >= 4 is 5.97 Å². The molecule has 0 saturated carbocycles. The standard InChI is InChI=1S/C16H24O2/c1-4-5-6-13-7-9-14(10-8-13)11-12-16(2,3)15(17)18/h7-10H,4-6,11-12H2,1-3H3,(H,17,18). The first-order valence-electron chi connectivity index (χ1n) is 6.77. The number of aliphatic carboxylic acids is 1. The SMILES string of the molecule is CCCCc1ccc(CCC(C)(C)C(=O)O)cc1. The molecule has 2 nitrogen and oxygen atoms in total. The van der Waals surface area contributed by atoms with Gasteiger partial charge < -0.3 is 5.11 Å². The van der Waals surface area contributed by atoms with Crippen LogP contribution in [-0.2, 0) is 17.6 Å². The van der Waals surface area contributed by atoms with Gasteiger partial charge in [0.1, 0.15) is 0 Å². The molecule has 1 aromatic carbocycles. The van der Waals surface area contributed by atoms with Crippen molar-refractivity contribution < 1.29 is 9.90 Å². The topological polar surface area (TPSA) is 37.3 Å². The maximum Gasteiger partial charge on any atom is 0.309 e. The number of unbranched alkanes of at least 4 members (excludes halogenated alkanes) is 1. The predicted octanol–water partition coefficient (Wildman–Crippen LogP) is 4.07. The van der Waals surface area contributed by atoms with Crippen LogP contribution in [0.15, 0.2) is 24.3 Å². The molecule has 1 N–H and O–H groups in total. The molecule has 2 heteroatoms. The zero-order valence-corrected chi connectivity index (χ0v) is 11.7. The van der Waals surface area contributed by atoms with Crippen LogP contribution in [0.2, 0.25) is 0 Å². The minimum atomic E-state index is -0.720. The van der Waals surface area contributed by atoms with Gasteiger partial charge in [-0.15, -0.1) is 0 Å². The van der Waals surface area contributed by atoms with Gasteiger partial charge in [0, 0.05) is 0 Å². The molecule has 1 rings (SSSR count). The van der Waals surface area contributed by atoms with Crippen molar-refractivity contribution in [2.24, 2.45) is 5.41 Å². The summed E-state index contributed by atoms with van der Waals surface area (Å²) in [6.07, 6.45) is 5.08. The molecule has 0 atom stereocenters. The summed E-state index contributed by atoms with van der Waals surface area (Å²) in [5.41, 5.74) is 1.96. The lowest BCUT2D eigenvalue weighted by Gasteiger charge is -2.18. The third-order valence-corrected chi connectivity index (χ3v) is 3.46. The first-order valence-corrected chi connectivity index (χ1v) is 6.77. The molecule has 0 aliphatic carbocycles. The first-order chi connectivity index (χ1) is 8.45. The van der Waals surface area contributed by atoms with Gasteiger partial charge in [-0.05, 0) is 50.7 Å². The minimum absolute atomic E-state index is 0.638. The minimum Gasteiger partial charge on any atom is -0.481 e. The van der Waals surface area contributed by atoms with E-state index < -0.39 is 11.4 Å². The van der Waals surface area contributed by atoms with Gasteiger partial charge in [0.25, 0.3) is 0 Å². The first kappa shape index (κ1) is 14.7. The van der Waals surface area contributed by atoms with E-state index in [1.807, 2.05) is 0 Å². The van der Waals surface area contributed by atoms with Crippen LogP contribution in [0.1, 0.15) is 51.2 Å². The molecule has 0 radical (unpaired) electrons. The van der Waals surface area contributed by atoms with Gasteiger partial charge in [0.05, 0.1) is 5.41 Å². The normalized spacial score (nSPS) is 11.5. The van der Waals surface area contributed by atoms with Crippen molar-refractivity contribution in [1.82, 2.24) is 0 Å². The van der Waals surface area contributed by atoms with E-state index in [0.717, 1.165) is 12.8 Å². The van der Waals surface area contributed by atoms with E-state index in [2.05, 4.69) is 31.2 Å². The Morgan fingerprint density at radius 3 is 2.06 bits per heavy atom. The Hall–Kier alpha value is -1.31. The maximum absolute atomic E-state index is 11.0. The monoisotopic (exact) mass is 248 g/mol. The summed E-state index contributed by atoms with van der Waals surface area (Å²) >= 11 is 0. The zero-order valence-electron chi connectivity index (χ0n) is 11.7. The van der Waals surface area contributed by atoms with Crippen LogP contribution in [-0.4, -0.2) is 11.1 Å². The molecular formula is C16H24O2. The fourth-order valence-electron chi connectivity index (χ4n) is 1.82. The van der Waals surface area contributed by atoms with Crippen LogP contribution in [0.4, 0.5) is 0 Å². The van der Waals surface area contributed by atoms with Gasteiger partial charge in [0.15, 0.2) is 0 Å². The quantitative estimate of drug-likeness (QED) is 0.789. The number of rotatable bonds is 7. The van der Waals surface area contributed by atoms with Crippen molar-refractivity contribution in [3.8, 4) is 0 Å². The van der Waals surface area contributed by atoms with E-state index in [1.165, 1.54) is 24.0 Å². The molecule has 0 aliphatic heterocycles. The van der Waals surface area contributed by atoms with Gasteiger partial charge in [-0.2, -0.15) is 0 Å². The highest BCUT2D eigenvalue weighted by Gasteiger charge is 2.26. The number of carbonyl (C=O) groups is 1. The van der Waals surface area contributed by atoms with Crippen LogP contribution in [0.3, 0.4) is 0 Å². The second kappa shape index (κ2) is 6.58. The number of hydrogen-bond acceptors (Lipinski definition) is 1. The largest absolute Gasteiger partial charge is 0.481 e. The number of carboxylic acids is 1. The fourth-order valence-corrected chi connectivity index (χ4v) is 1.82. The van der Waals surface area contributed by atoms with E-state index in [1.54, 1.807) is 13.8 Å². The molecule has 0 spiro atoms. The van der Waals surface area contributed by atoms with Crippen molar-refractivity contribution in [1.29, 1.82) is 0 Å².